The first kappa shape index (κ1) is 28.4. The molecular formula is C32H33N7O3S. The predicted molar refractivity (Wildman–Crippen MR) is 169 cm³/mol. The van der Waals surface area contributed by atoms with Crippen LogP contribution < -0.4 is 15.4 Å². The number of nitrogens with zero attached hydrogens (tertiary/aromatic N) is 5. The molecule has 1 fully saturated rings. The Hall–Kier alpha value is -4.77. The summed E-state index contributed by atoms with van der Waals surface area (Å²) in [5, 5.41) is 19.4. The average molecular weight is 596 g/mol. The fourth-order valence-electron chi connectivity index (χ4n) is 5.44. The monoisotopic (exact) mass is 595 g/mol. The summed E-state index contributed by atoms with van der Waals surface area (Å²) in [4.78, 5) is 32.5. The fourth-order valence-corrected chi connectivity index (χ4v) is 6.27. The Morgan fingerprint density at radius 1 is 1.05 bits per heavy atom. The summed E-state index contributed by atoms with van der Waals surface area (Å²) in [6.07, 6.45) is 4.11. The molecule has 0 radical (unpaired) electrons. The summed E-state index contributed by atoms with van der Waals surface area (Å²) in [5.41, 5.74) is 4.43. The molecule has 1 aliphatic heterocycles. The number of ether oxygens (including phenoxy) is 1. The molecule has 6 rings (SSSR count). The second-order valence-corrected chi connectivity index (χ2v) is 12.0. The number of likely N-dealkylation sites (tertiary alicyclic amines) is 1. The number of carboxylic acid groups (broad SMARTS) is 1. The van der Waals surface area contributed by atoms with Gasteiger partial charge >= 0.3 is 6.09 Å². The molecule has 0 spiro atoms. The normalized spacial score (nSPS) is 15.0. The highest BCUT2D eigenvalue weighted by molar-refractivity contribution is 7.11. The molecule has 4 heterocycles. The smallest absolute Gasteiger partial charge is 0.407 e. The quantitative estimate of drug-likeness (QED) is 0.173. The number of hydrogen-bond donors (Lipinski definition) is 3. The van der Waals surface area contributed by atoms with Gasteiger partial charge in [-0.15, -0.1) is 11.3 Å². The van der Waals surface area contributed by atoms with Crippen LogP contribution in [-0.2, 0) is 6.54 Å². The first-order valence-corrected chi connectivity index (χ1v) is 15.1. The maximum absolute atomic E-state index is 11.4. The van der Waals surface area contributed by atoms with Gasteiger partial charge in [-0.2, -0.15) is 0 Å². The number of benzene rings is 2. The summed E-state index contributed by atoms with van der Waals surface area (Å²) in [6.45, 7) is 7.73. The van der Waals surface area contributed by atoms with Crippen molar-refractivity contribution in [2.75, 3.05) is 23.7 Å². The van der Waals surface area contributed by atoms with Gasteiger partial charge < -0.3 is 25.4 Å². The molecule has 1 aliphatic rings. The first-order valence-electron chi connectivity index (χ1n) is 14.3. The van der Waals surface area contributed by atoms with Crippen molar-refractivity contribution in [3.8, 4) is 22.9 Å². The SMILES string of the molecule is Cc1nc(CNc2cccc3c(Oc4ncccc4-c4ccnc(NC5CCCN(C(=O)O)C5)n4)c(C)ccc23)c(C)s1. The Morgan fingerprint density at radius 3 is 2.74 bits per heavy atom. The van der Waals surface area contributed by atoms with E-state index in [0.29, 0.717) is 37.2 Å². The summed E-state index contributed by atoms with van der Waals surface area (Å²) in [7, 11) is 0. The van der Waals surface area contributed by atoms with Crippen molar-refractivity contribution in [3.05, 3.63) is 82.1 Å². The zero-order chi connectivity index (χ0) is 29.9. The van der Waals surface area contributed by atoms with E-state index in [1.165, 1.54) is 9.78 Å². The van der Waals surface area contributed by atoms with Gasteiger partial charge in [-0.05, 0) is 63.4 Å². The fraction of sp³-hybridized carbons (Fsp3) is 0.281. The second kappa shape index (κ2) is 12.2. The van der Waals surface area contributed by atoms with E-state index in [9.17, 15) is 9.90 Å². The maximum atomic E-state index is 11.4. The topological polar surface area (TPSA) is 125 Å². The van der Waals surface area contributed by atoms with Crippen LogP contribution in [0.4, 0.5) is 16.4 Å². The third-order valence-corrected chi connectivity index (χ3v) is 8.51. The van der Waals surface area contributed by atoms with Gasteiger partial charge in [-0.25, -0.2) is 24.7 Å². The number of fused-ring (bicyclic) bond motifs is 1. The van der Waals surface area contributed by atoms with Gasteiger partial charge in [0, 0.05) is 52.9 Å². The number of aryl methyl sites for hydroxylation is 3. The Kier molecular flexibility index (Phi) is 8.06. The maximum Gasteiger partial charge on any atom is 0.407 e. The number of carbonyl (C=O) groups is 1. The largest absolute Gasteiger partial charge is 0.465 e. The molecule has 2 aromatic carbocycles. The van der Waals surface area contributed by atoms with Crippen LogP contribution in [0.3, 0.4) is 0 Å². The van der Waals surface area contributed by atoms with Gasteiger partial charge in [-0.3, -0.25) is 0 Å². The second-order valence-electron chi connectivity index (χ2n) is 10.6. The first-order chi connectivity index (χ1) is 20.9. The molecule has 0 saturated carbocycles. The van der Waals surface area contributed by atoms with Gasteiger partial charge in [0.25, 0.3) is 0 Å². The van der Waals surface area contributed by atoms with Gasteiger partial charge in [0.2, 0.25) is 11.8 Å². The van der Waals surface area contributed by atoms with E-state index in [0.717, 1.165) is 56.9 Å². The number of nitrogens with one attached hydrogen (secondary N) is 2. The zero-order valence-electron chi connectivity index (χ0n) is 24.3. The molecular weight excluding hydrogens is 562 g/mol. The summed E-state index contributed by atoms with van der Waals surface area (Å²) < 4.78 is 6.58. The minimum Gasteiger partial charge on any atom is -0.465 e. The lowest BCUT2D eigenvalue weighted by Crippen LogP contribution is -2.44. The lowest BCUT2D eigenvalue weighted by atomic mass is 10.0. The third-order valence-electron chi connectivity index (χ3n) is 7.58. The van der Waals surface area contributed by atoms with Crippen molar-refractivity contribution >= 4 is 39.8 Å². The molecule has 5 aromatic rings. The van der Waals surface area contributed by atoms with Crippen molar-refractivity contribution in [2.24, 2.45) is 0 Å². The van der Waals surface area contributed by atoms with Crippen LogP contribution in [0.2, 0.25) is 0 Å². The summed E-state index contributed by atoms with van der Waals surface area (Å²) in [5.74, 6) is 1.60. The molecule has 0 aliphatic carbocycles. The summed E-state index contributed by atoms with van der Waals surface area (Å²) >= 11 is 1.71. The minimum atomic E-state index is -0.908. The molecule has 3 aromatic heterocycles. The molecule has 11 heteroatoms. The van der Waals surface area contributed by atoms with Crippen LogP contribution in [0.1, 0.15) is 34.0 Å². The number of hydrogen-bond acceptors (Lipinski definition) is 9. The Bertz CT molecular complexity index is 1790. The standard InChI is InChI=1S/C32H33N7O3S/c1-19-11-12-23-24(8-4-10-26(23)35-17-28-20(2)43-21(3)36-28)29(19)42-30-25(9-5-14-33-30)27-13-15-34-31(38-27)37-22-7-6-16-39(18-22)32(40)41/h4-5,8-15,22,35H,6-7,16-18H2,1-3H3,(H,40,41)(H,34,37,38). The molecule has 1 saturated heterocycles. The highest BCUT2D eigenvalue weighted by atomic mass is 32.1. The molecule has 10 nitrogen and oxygen atoms in total. The van der Waals surface area contributed by atoms with E-state index in [1.807, 2.05) is 38.1 Å². The predicted octanol–water partition coefficient (Wildman–Crippen LogP) is 7.03. The number of pyridine rings is 1. The van der Waals surface area contributed by atoms with Gasteiger partial charge in [-0.1, -0.05) is 24.3 Å². The molecule has 1 amide bonds. The zero-order valence-corrected chi connectivity index (χ0v) is 25.1. The van der Waals surface area contributed by atoms with Crippen molar-refractivity contribution in [1.82, 2.24) is 24.8 Å². The van der Waals surface area contributed by atoms with Gasteiger partial charge in [0.05, 0.1) is 28.5 Å². The number of rotatable bonds is 8. The van der Waals surface area contributed by atoms with E-state index >= 15 is 0 Å². The van der Waals surface area contributed by atoms with Crippen LogP contribution in [0.5, 0.6) is 11.6 Å². The summed E-state index contributed by atoms with van der Waals surface area (Å²) in [6, 6.07) is 15.8. The minimum absolute atomic E-state index is 0.0608. The van der Waals surface area contributed by atoms with Gasteiger partial charge in [0.15, 0.2) is 0 Å². The Labute approximate surface area is 253 Å². The van der Waals surface area contributed by atoms with Crippen molar-refractivity contribution in [2.45, 2.75) is 46.2 Å². The van der Waals surface area contributed by atoms with Crippen molar-refractivity contribution in [3.63, 3.8) is 0 Å². The van der Waals surface area contributed by atoms with Crippen LogP contribution in [0, 0.1) is 20.8 Å². The lowest BCUT2D eigenvalue weighted by Gasteiger charge is -2.31. The van der Waals surface area contributed by atoms with E-state index in [1.54, 1.807) is 23.7 Å². The molecule has 3 N–H and O–H groups in total. The molecule has 1 unspecified atom stereocenters. The van der Waals surface area contributed by atoms with Gasteiger partial charge in [0.1, 0.15) is 5.75 Å². The molecule has 43 heavy (non-hydrogen) atoms. The number of amides is 1. The Morgan fingerprint density at radius 2 is 1.93 bits per heavy atom. The van der Waals surface area contributed by atoms with Crippen LogP contribution in [0.25, 0.3) is 22.0 Å². The third kappa shape index (κ3) is 6.21. The van der Waals surface area contributed by atoms with Crippen molar-refractivity contribution < 1.29 is 14.6 Å². The van der Waals surface area contributed by atoms with E-state index < -0.39 is 6.09 Å². The van der Waals surface area contributed by atoms with E-state index in [-0.39, 0.29) is 6.04 Å². The lowest BCUT2D eigenvalue weighted by molar-refractivity contribution is 0.132. The Balaban J connectivity index is 1.27. The highest BCUT2D eigenvalue weighted by Crippen LogP contribution is 2.38. The number of aromatic nitrogens is 4. The van der Waals surface area contributed by atoms with Crippen LogP contribution in [0.15, 0.2) is 60.9 Å². The van der Waals surface area contributed by atoms with E-state index in [4.69, 9.17) is 9.72 Å². The molecule has 0 bridgehead atoms. The molecule has 1 atom stereocenters. The van der Waals surface area contributed by atoms with Crippen molar-refractivity contribution in [1.29, 1.82) is 0 Å². The average Bonchev–Trinajstić information content (AvgIpc) is 3.34. The van der Waals surface area contributed by atoms with E-state index in [2.05, 4.69) is 56.8 Å². The highest BCUT2D eigenvalue weighted by Gasteiger charge is 2.24. The van der Waals surface area contributed by atoms with Crippen LogP contribution in [-0.4, -0.2) is 55.2 Å². The number of piperidine rings is 1. The van der Waals surface area contributed by atoms with Crippen LogP contribution >= 0.6 is 11.3 Å². The number of anilines is 2. The molecule has 220 valence electrons. The number of thiazole rings is 1.